The molecule has 1 amide bonds. The molecule has 2 N–H and O–H groups in total. The molecule has 9 heteroatoms. The van der Waals surface area contributed by atoms with Gasteiger partial charge in [0.25, 0.3) is 0 Å². The van der Waals surface area contributed by atoms with Crippen molar-refractivity contribution in [3.63, 3.8) is 0 Å². The van der Waals surface area contributed by atoms with E-state index in [1.54, 1.807) is 18.2 Å². The van der Waals surface area contributed by atoms with Crippen molar-refractivity contribution in [2.45, 2.75) is 38.0 Å². The quantitative estimate of drug-likeness (QED) is 0.694. The fourth-order valence-electron chi connectivity index (χ4n) is 2.14. The molecule has 0 spiro atoms. The smallest absolute Gasteiger partial charge is 0.305 e. The van der Waals surface area contributed by atoms with E-state index in [4.69, 9.17) is 14.6 Å². The Labute approximate surface area is 153 Å². The fourth-order valence-corrected chi connectivity index (χ4v) is 3.01. The Morgan fingerprint density at radius 1 is 1.19 bits per heavy atom. The first kappa shape index (κ1) is 21.8. The molecule has 146 valence electrons. The lowest BCUT2D eigenvalue weighted by Crippen LogP contribution is -2.40. The van der Waals surface area contributed by atoms with E-state index in [2.05, 4.69) is 5.32 Å². The Morgan fingerprint density at radius 2 is 1.81 bits per heavy atom. The van der Waals surface area contributed by atoms with Crippen molar-refractivity contribution in [3.8, 4) is 11.5 Å². The number of nitrogens with one attached hydrogen (secondary N) is 1. The molecule has 0 saturated carbocycles. The monoisotopic (exact) mass is 387 g/mol. The van der Waals surface area contributed by atoms with Crippen LogP contribution in [-0.4, -0.2) is 50.1 Å². The van der Waals surface area contributed by atoms with Gasteiger partial charge in [-0.25, -0.2) is 8.42 Å². The number of carbonyl (C=O) groups excluding carboxylic acids is 1. The summed E-state index contributed by atoms with van der Waals surface area (Å²) in [6, 6.07) is 3.78. The molecule has 1 unspecified atom stereocenters. The summed E-state index contributed by atoms with van der Waals surface area (Å²) in [5.74, 6) is -1.82. The Balaban J connectivity index is 3.13. The number of methoxy groups -OCH3 is 2. The summed E-state index contributed by atoms with van der Waals surface area (Å²) in [6.45, 7) is 4.49. The van der Waals surface area contributed by atoms with Crippen LogP contribution in [0.3, 0.4) is 0 Å². The van der Waals surface area contributed by atoms with Crippen LogP contribution in [-0.2, 0) is 19.4 Å². The maximum atomic E-state index is 12.2. The molecular formula is C17H25NO7S. The van der Waals surface area contributed by atoms with Crippen molar-refractivity contribution >= 4 is 21.7 Å². The van der Waals surface area contributed by atoms with Gasteiger partial charge in [0.1, 0.15) is 17.3 Å². The van der Waals surface area contributed by atoms with Gasteiger partial charge in [-0.05, 0) is 32.9 Å². The van der Waals surface area contributed by atoms with E-state index in [1.165, 1.54) is 35.0 Å². The first-order chi connectivity index (χ1) is 11.9. The Morgan fingerprint density at radius 3 is 2.27 bits per heavy atom. The molecule has 1 aromatic carbocycles. The summed E-state index contributed by atoms with van der Waals surface area (Å²) in [7, 11) is -0.811. The molecule has 0 aliphatic rings. The number of ether oxygens (including phenoxy) is 2. The van der Waals surface area contributed by atoms with Gasteiger partial charge >= 0.3 is 5.97 Å². The second kappa shape index (κ2) is 8.39. The lowest BCUT2D eigenvalue weighted by molar-refractivity contribution is -0.137. The number of sulfone groups is 1. The number of aliphatic carboxylic acids is 1. The molecule has 0 fully saturated rings. The molecule has 1 rings (SSSR count). The van der Waals surface area contributed by atoms with Gasteiger partial charge in [-0.2, -0.15) is 0 Å². The number of amides is 1. The highest BCUT2D eigenvalue weighted by molar-refractivity contribution is 7.93. The standard InChI is InChI=1S/C17H25NO7S/c1-17(2,3)26(22,23)10-15(19)18-13(9-16(20)21)12-7-6-11(24-4)8-14(12)25-5/h6-8,13H,9-10H2,1-5H3,(H,18,19)(H,20,21). The van der Waals surface area contributed by atoms with Crippen LogP contribution in [0, 0.1) is 0 Å². The van der Waals surface area contributed by atoms with Crippen LogP contribution >= 0.6 is 0 Å². The van der Waals surface area contributed by atoms with Gasteiger partial charge in [-0.15, -0.1) is 0 Å². The fraction of sp³-hybridized carbons (Fsp3) is 0.529. The van der Waals surface area contributed by atoms with Crippen LogP contribution in [0.2, 0.25) is 0 Å². The van der Waals surface area contributed by atoms with Crippen LogP contribution < -0.4 is 14.8 Å². The zero-order valence-electron chi connectivity index (χ0n) is 15.5. The molecular weight excluding hydrogens is 362 g/mol. The number of hydrogen-bond donors (Lipinski definition) is 2. The van der Waals surface area contributed by atoms with Gasteiger partial charge in [0.15, 0.2) is 9.84 Å². The van der Waals surface area contributed by atoms with E-state index in [9.17, 15) is 18.0 Å². The number of rotatable bonds is 8. The molecule has 0 aliphatic heterocycles. The number of benzene rings is 1. The predicted octanol–water partition coefficient (Wildman–Crippen LogP) is 1.55. The summed E-state index contributed by atoms with van der Waals surface area (Å²) < 4.78 is 33.6. The van der Waals surface area contributed by atoms with Crippen molar-refractivity contribution in [1.29, 1.82) is 0 Å². The number of carboxylic acid groups (broad SMARTS) is 1. The average Bonchev–Trinajstić information content (AvgIpc) is 2.51. The predicted molar refractivity (Wildman–Crippen MR) is 96.2 cm³/mol. The lowest BCUT2D eigenvalue weighted by atomic mass is 10.0. The molecule has 0 heterocycles. The van der Waals surface area contributed by atoms with Gasteiger partial charge in [0.2, 0.25) is 5.91 Å². The molecule has 0 bridgehead atoms. The van der Waals surface area contributed by atoms with Gasteiger partial charge in [-0.1, -0.05) is 0 Å². The molecule has 0 saturated heterocycles. The second-order valence-electron chi connectivity index (χ2n) is 6.70. The minimum absolute atomic E-state index is 0.328. The maximum Gasteiger partial charge on any atom is 0.305 e. The summed E-state index contributed by atoms with van der Waals surface area (Å²) in [6.07, 6.45) is -0.427. The second-order valence-corrected chi connectivity index (χ2v) is 9.44. The van der Waals surface area contributed by atoms with Crippen LogP contribution in [0.25, 0.3) is 0 Å². The van der Waals surface area contributed by atoms with Gasteiger partial charge in [0.05, 0.1) is 31.4 Å². The third-order valence-electron chi connectivity index (χ3n) is 3.78. The normalized spacial score (nSPS) is 13.0. The van der Waals surface area contributed by atoms with Crippen LogP contribution in [0.1, 0.15) is 38.8 Å². The molecule has 1 aromatic rings. The molecule has 26 heavy (non-hydrogen) atoms. The Kier molecular flexibility index (Phi) is 7.02. The van der Waals surface area contributed by atoms with Crippen LogP contribution in [0.4, 0.5) is 0 Å². The van der Waals surface area contributed by atoms with E-state index >= 15 is 0 Å². The summed E-state index contributed by atoms with van der Waals surface area (Å²) >= 11 is 0. The first-order valence-electron chi connectivity index (χ1n) is 7.86. The van der Waals surface area contributed by atoms with Crippen LogP contribution in [0.5, 0.6) is 11.5 Å². The molecule has 0 radical (unpaired) electrons. The van der Waals surface area contributed by atoms with Crippen molar-refractivity contribution in [2.24, 2.45) is 0 Å². The summed E-state index contributed by atoms with van der Waals surface area (Å²) in [5.41, 5.74) is 0.414. The topological polar surface area (TPSA) is 119 Å². The molecule has 0 aliphatic carbocycles. The Hall–Kier alpha value is -2.29. The highest BCUT2D eigenvalue weighted by atomic mass is 32.2. The lowest BCUT2D eigenvalue weighted by Gasteiger charge is -2.22. The van der Waals surface area contributed by atoms with Crippen LogP contribution in [0.15, 0.2) is 18.2 Å². The third kappa shape index (κ3) is 5.62. The van der Waals surface area contributed by atoms with E-state index < -0.39 is 44.7 Å². The average molecular weight is 387 g/mol. The van der Waals surface area contributed by atoms with E-state index in [0.29, 0.717) is 17.1 Å². The molecule has 8 nitrogen and oxygen atoms in total. The maximum absolute atomic E-state index is 12.2. The van der Waals surface area contributed by atoms with E-state index in [0.717, 1.165) is 0 Å². The minimum Gasteiger partial charge on any atom is -0.497 e. The molecule has 0 aromatic heterocycles. The number of hydrogen-bond acceptors (Lipinski definition) is 6. The highest BCUT2D eigenvalue weighted by Crippen LogP contribution is 2.31. The van der Waals surface area contributed by atoms with Crippen molar-refractivity contribution < 1.29 is 32.6 Å². The van der Waals surface area contributed by atoms with Crippen molar-refractivity contribution in [1.82, 2.24) is 5.32 Å². The largest absolute Gasteiger partial charge is 0.497 e. The first-order valence-corrected chi connectivity index (χ1v) is 9.52. The molecule has 1 atom stereocenters. The van der Waals surface area contributed by atoms with Gasteiger partial charge in [-0.3, -0.25) is 9.59 Å². The van der Waals surface area contributed by atoms with E-state index in [1.807, 2.05) is 0 Å². The minimum atomic E-state index is -3.69. The number of carboxylic acids is 1. The Bertz CT molecular complexity index is 766. The van der Waals surface area contributed by atoms with E-state index in [-0.39, 0.29) is 0 Å². The summed E-state index contributed by atoms with van der Waals surface area (Å²) in [5, 5.41) is 11.6. The van der Waals surface area contributed by atoms with Crippen molar-refractivity contribution in [3.05, 3.63) is 23.8 Å². The van der Waals surface area contributed by atoms with Gasteiger partial charge < -0.3 is 19.9 Å². The SMILES string of the molecule is COc1ccc(C(CC(=O)O)NC(=O)CS(=O)(=O)C(C)(C)C)c(OC)c1. The highest BCUT2D eigenvalue weighted by Gasteiger charge is 2.32. The summed E-state index contributed by atoms with van der Waals surface area (Å²) in [4.78, 5) is 23.4. The zero-order valence-corrected chi connectivity index (χ0v) is 16.3. The zero-order chi connectivity index (χ0) is 20.1. The van der Waals surface area contributed by atoms with Gasteiger partial charge in [0, 0.05) is 11.6 Å². The number of carbonyl (C=O) groups is 2. The third-order valence-corrected chi connectivity index (χ3v) is 6.29. The van der Waals surface area contributed by atoms with Crippen molar-refractivity contribution in [2.75, 3.05) is 20.0 Å².